The number of nitrogens with zero attached hydrogens (tertiary/aromatic N) is 2. The molecule has 2 heterocycles. The number of benzene rings is 1. The highest BCUT2D eigenvalue weighted by molar-refractivity contribution is 5.89. The first kappa shape index (κ1) is 18.2. The van der Waals surface area contributed by atoms with Crippen LogP contribution in [0.5, 0.6) is 0 Å². The summed E-state index contributed by atoms with van der Waals surface area (Å²) in [5.74, 6) is -0.266. The van der Waals surface area contributed by atoms with Gasteiger partial charge >= 0.3 is 0 Å². The van der Waals surface area contributed by atoms with Gasteiger partial charge in [0.2, 0.25) is 11.8 Å². The second-order valence-corrected chi connectivity index (χ2v) is 7.77. The standard InChI is InChI=1S/C20H27FN4O2/c21-14-5-7-15(8-6-14)24-9-11-25(12-10-24)19(26)13-18-20(27)23-17-4-2-1-3-16(17)22-18/h5-8,16-18,22H,1-4,9-13H2,(H,23,27). The number of rotatable bonds is 3. The largest absolute Gasteiger partial charge is 0.368 e. The molecule has 3 atom stereocenters. The second kappa shape index (κ2) is 7.84. The molecule has 3 aliphatic rings. The number of piperazine rings is 2. The first-order valence-corrected chi connectivity index (χ1v) is 9.95. The highest BCUT2D eigenvalue weighted by atomic mass is 19.1. The Morgan fingerprint density at radius 1 is 1.04 bits per heavy atom. The van der Waals surface area contributed by atoms with Crippen molar-refractivity contribution in [3.8, 4) is 0 Å². The van der Waals surface area contributed by atoms with Crippen LogP contribution >= 0.6 is 0 Å². The molecule has 0 aromatic heterocycles. The fourth-order valence-corrected chi connectivity index (χ4v) is 4.44. The molecule has 7 heteroatoms. The van der Waals surface area contributed by atoms with E-state index in [2.05, 4.69) is 15.5 Å². The molecule has 0 bridgehead atoms. The molecule has 0 spiro atoms. The van der Waals surface area contributed by atoms with Gasteiger partial charge in [-0.1, -0.05) is 12.8 Å². The number of carbonyl (C=O) groups is 2. The molecule has 2 amide bonds. The van der Waals surface area contributed by atoms with Crippen molar-refractivity contribution < 1.29 is 14.0 Å². The average molecular weight is 374 g/mol. The van der Waals surface area contributed by atoms with Gasteiger partial charge < -0.3 is 20.4 Å². The maximum atomic E-state index is 13.1. The Kier molecular flexibility index (Phi) is 5.29. The minimum Gasteiger partial charge on any atom is -0.368 e. The van der Waals surface area contributed by atoms with Gasteiger partial charge in [-0.15, -0.1) is 0 Å². The van der Waals surface area contributed by atoms with Crippen LogP contribution in [-0.4, -0.2) is 61.0 Å². The fourth-order valence-electron chi connectivity index (χ4n) is 4.44. The van der Waals surface area contributed by atoms with Crippen LogP contribution in [-0.2, 0) is 9.59 Å². The minimum absolute atomic E-state index is 0.0238. The van der Waals surface area contributed by atoms with E-state index in [1.165, 1.54) is 18.6 Å². The molecule has 1 aromatic carbocycles. The number of carbonyl (C=O) groups excluding carboxylic acids is 2. The molecule has 2 saturated heterocycles. The Balaban J connectivity index is 1.29. The first-order chi connectivity index (χ1) is 13.1. The quantitative estimate of drug-likeness (QED) is 0.836. The first-order valence-electron chi connectivity index (χ1n) is 9.95. The number of anilines is 1. The Labute approximate surface area is 159 Å². The van der Waals surface area contributed by atoms with Crippen molar-refractivity contribution in [3.63, 3.8) is 0 Å². The van der Waals surface area contributed by atoms with E-state index in [0.29, 0.717) is 32.2 Å². The van der Waals surface area contributed by atoms with Crippen molar-refractivity contribution in [1.29, 1.82) is 0 Å². The van der Waals surface area contributed by atoms with Gasteiger partial charge in [-0.05, 0) is 37.1 Å². The fraction of sp³-hybridized carbons (Fsp3) is 0.600. The molecule has 1 saturated carbocycles. The number of hydrogen-bond donors (Lipinski definition) is 2. The lowest BCUT2D eigenvalue weighted by molar-refractivity contribution is -0.136. The molecule has 2 aliphatic heterocycles. The molecule has 1 aromatic rings. The van der Waals surface area contributed by atoms with Crippen molar-refractivity contribution in [3.05, 3.63) is 30.1 Å². The van der Waals surface area contributed by atoms with Crippen LogP contribution in [0.3, 0.4) is 0 Å². The number of fused-ring (bicyclic) bond motifs is 1. The van der Waals surface area contributed by atoms with Crippen molar-refractivity contribution in [1.82, 2.24) is 15.5 Å². The van der Waals surface area contributed by atoms with E-state index in [0.717, 1.165) is 24.9 Å². The zero-order chi connectivity index (χ0) is 18.8. The Morgan fingerprint density at radius 2 is 1.70 bits per heavy atom. The molecule has 146 valence electrons. The van der Waals surface area contributed by atoms with Gasteiger partial charge in [-0.3, -0.25) is 9.59 Å². The normalized spacial score (nSPS) is 28.5. The van der Waals surface area contributed by atoms with E-state index in [1.807, 2.05) is 4.90 Å². The number of hydrogen-bond acceptors (Lipinski definition) is 4. The zero-order valence-electron chi connectivity index (χ0n) is 15.5. The summed E-state index contributed by atoms with van der Waals surface area (Å²) in [5.41, 5.74) is 0.972. The molecule has 1 aliphatic carbocycles. The van der Waals surface area contributed by atoms with Gasteiger partial charge in [0.25, 0.3) is 0 Å². The molecule has 3 unspecified atom stereocenters. The maximum Gasteiger partial charge on any atom is 0.237 e. The van der Waals surface area contributed by atoms with Crippen LogP contribution in [0.4, 0.5) is 10.1 Å². The summed E-state index contributed by atoms with van der Waals surface area (Å²) in [6, 6.07) is 6.54. The van der Waals surface area contributed by atoms with E-state index >= 15 is 0 Å². The van der Waals surface area contributed by atoms with E-state index in [1.54, 1.807) is 12.1 Å². The van der Waals surface area contributed by atoms with Gasteiger partial charge in [0.05, 0.1) is 12.5 Å². The van der Waals surface area contributed by atoms with Gasteiger partial charge in [0.15, 0.2) is 0 Å². The molecule has 6 nitrogen and oxygen atoms in total. The zero-order valence-corrected chi connectivity index (χ0v) is 15.5. The third-order valence-electron chi connectivity index (χ3n) is 6.03. The summed E-state index contributed by atoms with van der Waals surface area (Å²) in [7, 11) is 0. The predicted octanol–water partition coefficient (Wildman–Crippen LogP) is 1.26. The molecule has 3 fully saturated rings. The van der Waals surface area contributed by atoms with Crippen LogP contribution in [0, 0.1) is 5.82 Å². The summed E-state index contributed by atoms with van der Waals surface area (Å²) >= 11 is 0. The van der Waals surface area contributed by atoms with Crippen molar-refractivity contribution in [2.45, 2.75) is 50.2 Å². The third-order valence-corrected chi connectivity index (χ3v) is 6.03. The predicted molar refractivity (Wildman–Crippen MR) is 101 cm³/mol. The lowest BCUT2D eigenvalue weighted by Gasteiger charge is -2.41. The smallest absolute Gasteiger partial charge is 0.237 e. The SMILES string of the molecule is O=C1NC2CCCCC2NC1CC(=O)N1CCN(c2ccc(F)cc2)CC1. The van der Waals surface area contributed by atoms with Crippen LogP contribution in [0.15, 0.2) is 24.3 Å². The summed E-state index contributed by atoms with van der Waals surface area (Å²) in [4.78, 5) is 29.0. The molecular weight excluding hydrogens is 347 g/mol. The van der Waals surface area contributed by atoms with Crippen LogP contribution < -0.4 is 15.5 Å². The number of nitrogens with one attached hydrogen (secondary N) is 2. The summed E-state index contributed by atoms with van der Waals surface area (Å²) in [6.45, 7) is 2.67. The van der Waals surface area contributed by atoms with Crippen molar-refractivity contribution in [2.75, 3.05) is 31.1 Å². The van der Waals surface area contributed by atoms with E-state index < -0.39 is 6.04 Å². The van der Waals surface area contributed by atoms with Crippen molar-refractivity contribution in [2.24, 2.45) is 0 Å². The molecular formula is C20H27FN4O2. The highest BCUT2D eigenvalue weighted by Gasteiger charge is 2.37. The Hall–Kier alpha value is -2.15. The van der Waals surface area contributed by atoms with Crippen molar-refractivity contribution >= 4 is 17.5 Å². The summed E-state index contributed by atoms with van der Waals surface area (Å²) < 4.78 is 13.1. The molecule has 4 rings (SSSR count). The van der Waals surface area contributed by atoms with Gasteiger partial charge in [0, 0.05) is 44.0 Å². The maximum absolute atomic E-state index is 13.1. The summed E-state index contributed by atoms with van der Waals surface area (Å²) in [6.07, 6.45) is 4.63. The van der Waals surface area contributed by atoms with Gasteiger partial charge in [0.1, 0.15) is 5.82 Å². The third kappa shape index (κ3) is 4.08. The Morgan fingerprint density at radius 3 is 2.41 bits per heavy atom. The van der Waals surface area contributed by atoms with Gasteiger partial charge in [-0.25, -0.2) is 4.39 Å². The topological polar surface area (TPSA) is 64.7 Å². The average Bonchev–Trinajstić information content (AvgIpc) is 2.69. The number of amides is 2. The van der Waals surface area contributed by atoms with E-state index in [9.17, 15) is 14.0 Å². The Bertz CT molecular complexity index is 688. The molecule has 27 heavy (non-hydrogen) atoms. The highest BCUT2D eigenvalue weighted by Crippen LogP contribution is 2.23. The lowest BCUT2D eigenvalue weighted by atomic mass is 9.87. The van der Waals surface area contributed by atoms with Crippen LogP contribution in [0.2, 0.25) is 0 Å². The minimum atomic E-state index is -0.424. The second-order valence-electron chi connectivity index (χ2n) is 7.77. The van der Waals surface area contributed by atoms with Gasteiger partial charge in [-0.2, -0.15) is 0 Å². The van der Waals surface area contributed by atoms with E-state index in [-0.39, 0.29) is 30.1 Å². The van der Waals surface area contributed by atoms with Crippen LogP contribution in [0.1, 0.15) is 32.1 Å². The monoisotopic (exact) mass is 374 g/mol. The molecule has 0 radical (unpaired) electrons. The number of halogens is 1. The van der Waals surface area contributed by atoms with Crippen LogP contribution in [0.25, 0.3) is 0 Å². The molecule has 2 N–H and O–H groups in total. The van der Waals surface area contributed by atoms with E-state index in [4.69, 9.17) is 0 Å². The summed E-state index contributed by atoms with van der Waals surface area (Å²) in [5, 5.41) is 6.51. The lowest BCUT2D eigenvalue weighted by Crippen LogP contribution is -2.65.